The minimum absolute atomic E-state index is 0.605. The minimum atomic E-state index is 0.605. The number of hydrogen-bond donors (Lipinski definition) is 1. The minimum Gasteiger partial charge on any atom is -0.318 e. The Hall–Kier alpha value is -0.860. The summed E-state index contributed by atoms with van der Waals surface area (Å²) in [7, 11) is 2.02. The van der Waals surface area contributed by atoms with Gasteiger partial charge in [0.25, 0.3) is 0 Å². The first-order valence-electron chi connectivity index (χ1n) is 4.16. The van der Waals surface area contributed by atoms with Gasteiger partial charge in [0, 0.05) is 13.2 Å². The molecule has 2 nitrogen and oxygen atoms in total. The Balaban J connectivity index is 2.63. The molecule has 0 aliphatic heterocycles. The molecular formula is C10H16N2. The molecule has 0 aliphatic rings. The summed E-state index contributed by atoms with van der Waals surface area (Å²) < 4.78 is 0. The van der Waals surface area contributed by atoms with E-state index in [0.717, 1.165) is 6.54 Å². The Morgan fingerprint density at radius 2 is 2.17 bits per heavy atom. The van der Waals surface area contributed by atoms with Gasteiger partial charge in [0.1, 0.15) is 0 Å². The Morgan fingerprint density at radius 3 is 2.75 bits per heavy atom. The second-order valence-electron chi connectivity index (χ2n) is 3.19. The molecule has 12 heavy (non-hydrogen) atoms. The highest BCUT2D eigenvalue weighted by Gasteiger charge is 1.96. The van der Waals surface area contributed by atoms with Crippen LogP contribution >= 0.6 is 0 Å². The highest BCUT2D eigenvalue weighted by atomic mass is 15.1. The van der Waals surface area contributed by atoms with Crippen molar-refractivity contribution in [1.29, 1.82) is 0 Å². The zero-order valence-electron chi connectivity index (χ0n) is 7.75. The molecule has 0 bridgehead atoms. The summed E-state index contributed by atoms with van der Waals surface area (Å²) in [4.78, 5) is 2.08. The van der Waals surface area contributed by atoms with Crippen molar-refractivity contribution in [3.8, 4) is 0 Å². The lowest BCUT2D eigenvalue weighted by molar-refractivity contribution is 0.337. The van der Waals surface area contributed by atoms with E-state index in [-0.39, 0.29) is 0 Å². The molecule has 0 saturated heterocycles. The number of aryl methyl sites for hydroxylation is 1. The van der Waals surface area contributed by atoms with Gasteiger partial charge in [-0.05, 0) is 19.5 Å². The number of benzene rings is 1. The van der Waals surface area contributed by atoms with E-state index in [1.807, 2.05) is 7.05 Å². The fourth-order valence-corrected chi connectivity index (χ4v) is 1.19. The van der Waals surface area contributed by atoms with Crippen LogP contribution in [0, 0.1) is 6.92 Å². The molecule has 0 atom stereocenters. The summed E-state index contributed by atoms with van der Waals surface area (Å²) in [5.41, 5.74) is 8.11. The van der Waals surface area contributed by atoms with E-state index >= 15 is 0 Å². The molecule has 0 aliphatic carbocycles. The van der Waals surface area contributed by atoms with E-state index in [2.05, 4.69) is 36.1 Å². The summed E-state index contributed by atoms with van der Waals surface area (Å²) in [6.07, 6.45) is 0. The van der Waals surface area contributed by atoms with Gasteiger partial charge in [-0.1, -0.05) is 29.8 Å². The smallest absolute Gasteiger partial charge is 0.0455 e. The number of nitrogens with zero attached hydrogens (tertiary/aromatic N) is 1. The lowest BCUT2D eigenvalue weighted by Gasteiger charge is -2.13. The molecular weight excluding hydrogens is 148 g/mol. The van der Waals surface area contributed by atoms with Crippen molar-refractivity contribution < 1.29 is 0 Å². The van der Waals surface area contributed by atoms with E-state index in [9.17, 15) is 0 Å². The van der Waals surface area contributed by atoms with Crippen LogP contribution in [0.15, 0.2) is 24.3 Å². The number of nitrogens with two attached hydrogens (primary N) is 1. The standard InChI is InChI=1S/C10H16N2/c1-9-4-3-5-10(6-9)7-12(2)8-11/h3-6H,7-8,11H2,1-2H3. The van der Waals surface area contributed by atoms with Gasteiger partial charge in [0.15, 0.2) is 0 Å². The molecule has 0 saturated carbocycles. The highest BCUT2D eigenvalue weighted by molar-refractivity contribution is 5.21. The van der Waals surface area contributed by atoms with Crippen molar-refractivity contribution in [1.82, 2.24) is 4.90 Å². The second-order valence-corrected chi connectivity index (χ2v) is 3.19. The fraction of sp³-hybridized carbons (Fsp3) is 0.400. The second kappa shape index (κ2) is 4.24. The molecule has 0 radical (unpaired) electrons. The fourth-order valence-electron chi connectivity index (χ4n) is 1.19. The molecule has 0 heterocycles. The van der Waals surface area contributed by atoms with Crippen molar-refractivity contribution >= 4 is 0 Å². The summed E-state index contributed by atoms with van der Waals surface area (Å²) in [6.45, 7) is 3.64. The van der Waals surface area contributed by atoms with Crippen LogP contribution in [0.3, 0.4) is 0 Å². The van der Waals surface area contributed by atoms with Gasteiger partial charge in [-0.3, -0.25) is 4.90 Å². The molecule has 66 valence electrons. The lowest BCUT2D eigenvalue weighted by Crippen LogP contribution is -2.24. The quantitative estimate of drug-likeness (QED) is 0.683. The van der Waals surface area contributed by atoms with Gasteiger partial charge in [-0.25, -0.2) is 0 Å². The SMILES string of the molecule is Cc1cccc(CN(C)CN)c1. The Bertz CT molecular complexity index is 245. The van der Waals surface area contributed by atoms with Gasteiger partial charge >= 0.3 is 0 Å². The Morgan fingerprint density at radius 1 is 1.42 bits per heavy atom. The number of rotatable bonds is 3. The van der Waals surface area contributed by atoms with E-state index in [1.165, 1.54) is 11.1 Å². The van der Waals surface area contributed by atoms with Crippen molar-refractivity contribution in [2.75, 3.05) is 13.7 Å². The van der Waals surface area contributed by atoms with Crippen molar-refractivity contribution in [2.24, 2.45) is 5.73 Å². The summed E-state index contributed by atoms with van der Waals surface area (Å²) in [5, 5.41) is 0. The maximum absolute atomic E-state index is 5.48. The third-order valence-electron chi connectivity index (χ3n) is 1.85. The molecule has 0 unspecified atom stereocenters. The van der Waals surface area contributed by atoms with Gasteiger partial charge in [-0.2, -0.15) is 0 Å². The number of hydrogen-bond acceptors (Lipinski definition) is 2. The predicted octanol–water partition coefficient (Wildman–Crippen LogP) is 1.34. The van der Waals surface area contributed by atoms with Crippen LogP contribution in [0.4, 0.5) is 0 Å². The predicted molar refractivity (Wildman–Crippen MR) is 51.7 cm³/mol. The highest BCUT2D eigenvalue weighted by Crippen LogP contribution is 2.05. The van der Waals surface area contributed by atoms with Crippen LogP contribution in [-0.4, -0.2) is 18.6 Å². The van der Waals surface area contributed by atoms with E-state index in [1.54, 1.807) is 0 Å². The molecule has 1 aromatic carbocycles. The van der Waals surface area contributed by atoms with Crippen LogP contribution in [0.1, 0.15) is 11.1 Å². The molecule has 0 aromatic heterocycles. The first kappa shape index (κ1) is 9.23. The first-order chi connectivity index (χ1) is 5.72. The molecule has 1 rings (SSSR count). The van der Waals surface area contributed by atoms with Gasteiger partial charge in [0.2, 0.25) is 0 Å². The van der Waals surface area contributed by atoms with E-state index in [4.69, 9.17) is 5.73 Å². The van der Waals surface area contributed by atoms with Crippen LogP contribution in [0.5, 0.6) is 0 Å². The average molecular weight is 164 g/mol. The summed E-state index contributed by atoms with van der Waals surface area (Å²) in [6, 6.07) is 8.49. The lowest BCUT2D eigenvalue weighted by atomic mass is 10.1. The van der Waals surface area contributed by atoms with E-state index in [0.29, 0.717) is 6.67 Å². The van der Waals surface area contributed by atoms with Crippen LogP contribution < -0.4 is 5.73 Å². The molecule has 0 amide bonds. The zero-order valence-corrected chi connectivity index (χ0v) is 7.75. The van der Waals surface area contributed by atoms with Crippen molar-refractivity contribution in [3.05, 3.63) is 35.4 Å². The Labute approximate surface area is 74.0 Å². The zero-order chi connectivity index (χ0) is 8.97. The molecule has 0 fully saturated rings. The van der Waals surface area contributed by atoms with Crippen molar-refractivity contribution in [3.63, 3.8) is 0 Å². The van der Waals surface area contributed by atoms with Crippen molar-refractivity contribution in [2.45, 2.75) is 13.5 Å². The Kier molecular flexibility index (Phi) is 3.26. The van der Waals surface area contributed by atoms with Gasteiger partial charge in [-0.15, -0.1) is 0 Å². The normalized spacial score (nSPS) is 10.7. The topological polar surface area (TPSA) is 29.3 Å². The maximum atomic E-state index is 5.48. The summed E-state index contributed by atoms with van der Waals surface area (Å²) >= 11 is 0. The average Bonchev–Trinajstić information content (AvgIpc) is 2.04. The van der Waals surface area contributed by atoms with Crippen LogP contribution in [-0.2, 0) is 6.54 Å². The van der Waals surface area contributed by atoms with Gasteiger partial charge < -0.3 is 5.73 Å². The van der Waals surface area contributed by atoms with Crippen LogP contribution in [0.2, 0.25) is 0 Å². The summed E-state index contributed by atoms with van der Waals surface area (Å²) in [5.74, 6) is 0. The molecule has 2 heteroatoms. The maximum Gasteiger partial charge on any atom is 0.0455 e. The third kappa shape index (κ3) is 2.64. The molecule has 1 aromatic rings. The van der Waals surface area contributed by atoms with Gasteiger partial charge in [0.05, 0.1) is 0 Å². The first-order valence-corrected chi connectivity index (χ1v) is 4.16. The third-order valence-corrected chi connectivity index (χ3v) is 1.85. The van der Waals surface area contributed by atoms with E-state index < -0.39 is 0 Å². The largest absolute Gasteiger partial charge is 0.318 e. The van der Waals surface area contributed by atoms with Crippen LogP contribution in [0.25, 0.3) is 0 Å². The molecule has 0 spiro atoms. The molecule has 2 N–H and O–H groups in total. The monoisotopic (exact) mass is 164 g/mol.